The second kappa shape index (κ2) is 6.44. The lowest BCUT2D eigenvalue weighted by Crippen LogP contribution is -2.08. The largest absolute Gasteiger partial charge is 0.465 e. The first-order valence-corrected chi connectivity index (χ1v) is 6.16. The maximum atomic E-state index is 11.8. The number of hydrogen-bond donors (Lipinski definition) is 1. The maximum absolute atomic E-state index is 11.8. The highest BCUT2D eigenvalue weighted by atomic mass is 16.6. The summed E-state index contributed by atoms with van der Waals surface area (Å²) in [5.74, 6) is -0.816. The lowest BCUT2D eigenvalue weighted by molar-refractivity contribution is -0.383. The molecule has 112 valence electrons. The third-order valence-electron chi connectivity index (χ3n) is 2.82. The highest BCUT2D eigenvalue weighted by molar-refractivity contribution is 6.02. The molecule has 0 aliphatic carbocycles. The molecule has 0 aromatic heterocycles. The van der Waals surface area contributed by atoms with Gasteiger partial charge in [-0.05, 0) is 18.2 Å². The summed E-state index contributed by atoms with van der Waals surface area (Å²) in [7, 11) is 1.15. The van der Waals surface area contributed by atoms with E-state index in [1.807, 2.05) is 6.07 Å². The quantitative estimate of drug-likeness (QED) is 0.305. The van der Waals surface area contributed by atoms with Crippen LogP contribution in [0.15, 0.2) is 52.7 Å². The molecule has 0 fully saturated rings. The number of ether oxygens (including phenoxy) is 1. The van der Waals surface area contributed by atoms with Gasteiger partial charge >= 0.3 is 5.97 Å². The molecule has 0 atom stereocenters. The first-order valence-electron chi connectivity index (χ1n) is 6.16. The Hall–Kier alpha value is -3.29. The second-order valence-corrected chi connectivity index (χ2v) is 4.18. The predicted molar refractivity (Wildman–Crippen MR) is 79.5 cm³/mol. The summed E-state index contributed by atoms with van der Waals surface area (Å²) in [6.07, 6.45) is 0. The number of azo groups is 1. The van der Waals surface area contributed by atoms with Crippen LogP contribution in [0, 0.1) is 10.1 Å². The van der Waals surface area contributed by atoms with E-state index in [1.54, 1.807) is 24.3 Å². The summed E-state index contributed by atoms with van der Waals surface area (Å²) < 4.78 is 4.60. The molecule has 0 saturated carbocycles. The molecule has 2 N–H and O–H groups in total. The zero-order chi connectivity index (χ0) is 16.1. The van der Waals surface area contributed by atoms with Gasteiger partial charge in [-0.25, -0.2) is 4.79 Å². The van der Waals surface area contributed by atoms with Gasteiger partial charge in [-0.2, -0.15) is 5.11 Å². The molecule has 0 spiro atoms. The third kappa shape index (κ3) is 3.06. The minimum atomic E-state index is -0.816. The monoisotopic (exact) mass is 300 g/mol. The number of nitrogens with two attached hydrogens (primary N) is 1. The zero-order valence-electron chi connectivity index (χ0n) is 11.6. The topological polar surface area (TPSA) is 120 Å². The van der Waals surface area contributed by atoms with Crippen LogP contribution in [0.2, 0.25) is 0 Å². The molecule has 2 aromatic rings. The van der Waals surface area contributed by atoms with Gasteiger partial charge in [-0.15, -0.1) is 5.11 Å². The number of nitro groups is 1. The first-order chi connectivity index (χ1) is 10.5. The van der Waals surface area contributed by atoms with Crippen molar-refractivity contribution in [2.45, 2.75) is 0 Å². The Morgan fingerprint density at radius 3 is 2.45 bits per heavy atom. The van der Waals surface area contributed by atoms with Crippen LogP contribution in [0.1, 0.15) is 10.4 Å². The fourth-order valence-corrected chi connectivity index (χ4v) is 1.76. The van der Waals surface area contributed by atoms with Crippen LogP contribution in [0.25, 0.3) is 0 Å². The maximum Gasteiger partial charge on any atom is 0.342 e. The van der Waals surface area contributed by atoms with Crippen molar-refractivity contribution in [2.24, 2.45) is 10.2 Å². The summed E-state index contributed by atoms with van der Waals surface area (Å²) in [5.41, 5.74) is 5.47. The van der Waals surface area contributed by atoms with Crippen LogP contribution in [0.3, 0.4) is 0 Å². The fourth-order valence-electron chi connectivity index (χ4n) is 1.76. The van der Waals surface area contributed by atoms with Crippen LogP contribution in [0.4, 0.5) is 22.7 Å². The molecule has 0 radical (unpaired) electrons. The molecule has 0 unspecified atom stereocenters. The Labute approximate surface area is 125 Å². The smallest absolute Gasteiger partial charge is 0.342 e. The van der Waals surface area contributed by atoms with Crippen molar-refractivity contribution in [3.05, 3.63) is 58.1 Å². The summed E-state index contributed by atoms with van der Waals surface area (Å²) in [6, 6.07) is 11.3. The van der Waals surface area contributed by atoms with Crippen LogP contribution < -0.4 is 5.73 Å². The zero-order valence-corrected chi connectivity index (χ0v) is 11.6. The molecule has 0 bridgehead atoms. The number of carbonyl (C=O) groups excluding carboxylic acids is 1. The molecule has 0 saturated heterocycles. The molecule has 8 nitrogen and oxygen atoms in total. The predicted octanol–water partition coefficient (Wildman–Crippen LogP) is 3.38. The lowest BCUT2D eigenvalue weighted by Gasteiger charge is -2.06. The first kappa shape index (κ1) is 15.1. The van der Waals surface area contributed by atoms with Gasteiger partial charge in [0.15, 0.2) is 0 Å². The number of esters is 1. The highest BCUT2D eigenvalue weighted by Gasteiger charge is 2.24. The Bertz CT molecular complexity index is 744. The number of benzene rings is 2. The number of methoxy groups -OCH3 is 1. The van der Waals surface area contributed by atoms with Gasteiger partial charge in [-0.1, -0.05) is 18.2 Å². The Morgan fingerprint density at radius 2 is 1.86 bits per heavy atom. The lowest BCUT2D eigenvalue weighted by atomic mass is 10.1. The van der Waals surface area contributed by atoms with Gasteiger partial charge in [0.25, 0.3) is 5.69 Å². The minimum absolute atomic E-state index is 0.0961. The molecule has 0 aliphatic heterocycles. The van der Waals surface area contributed by atoms with Crippen molar-refractivity contribution < 1.29 is 14.5 Å². The van der Waals surface area contributed by atoms with Crippen molar-refractivity contribution in [1.82, 2.24) is 0 Å². The van der Waals surface area contributed by atoms with Crippen LogP contribution in [-0.2, 0) is 4.74 Å². The molecule has 22 heavy (non-hydrogen) atoms. The average molecular weight is 300 g/mol. The van der Waals surface area contributed by atoms with E-state index in [9.17, 15) is 14.9 Å². The average Bonchev–Trinajstić information content (AvgIpc) is 2.52. The van der Waals surface area contributed by atoms with Gasteiger partial charge in [0.1, 0.15) is 16.9 Å². The minimum Gasteiger partial charge on any atom is -0.465 e. The Balaban J connectivity index is 2.51. The van der Waals surface area contributed by atoms with Gasteiger partial charge in [-0.3, -0.25) is 10.1 Å². The Morgan fingerprint density at radius 1 is 1.18 bits per heavy atom. The van der Waals surface area contributed by atoms with E-state index < -0.39 is 10.9 Å². The molecule has 0 heterocycles. The summed E-state index contributed by atoms with van der Waals surface area (Å²) in [5, 5.41) is 18.8. The van der Waals surface area contributed by atoms with E-state index in [0.29, 0.717) is 5.69 Å². The van der Waals surface area contributed by atoms with Crippen molar-refractivity contribution in [2.75, 3.05) is 12.8 Å². The Kier molecular flexibility index (Phi) is 4.42. The summed E-state index contributed by atoms with van der Waals surface area (Å²) >= 11 is 0. The molecule has 2 rings (SSSR count). The van der Waals surface area contributed by atoms with Crippen LogP contribution in [0.5, 0.6) is 0 Å². The summed E-state index contributed by atoms with van der Waals surface area (Å²) in [4.78, 5) is 22.0. The van der Waals surface area contributed by atoms with Gasteiger partial charge in [0, 0.05) is 6.07 Å². The van der Waals surface area contributed by atoms with Crippen molar-refractivity contribution >= 4 is 28.7 Å². The van der Waals surface area contributed by atoms with Crippen molar-refractivity contribution in [1.29, 1.82) is 0 Å². The third-order valence-corrected chi connectivity index (χ3v) is 2.82. The fraction of sp³-hybridized carbons (Fsp3) is 0.0714. The van der Waals surface area contributed by atoms with Gasteiger partial charge in [0.05, 0.1) is 17.7 Å². The molecule has 8 heteroatoms. The van der Waals surface area contributed by atoms with Crippen molar-refractivity contribution in [3.8, 4) is 0 Å². The normalized spacial score (nSPS) is 10.6. The van der Waals surface area contributed by atoms with Crippen molar-refractivity contribution in [3.63, 3.8) is 0 Å². The molecule has 2 aromatic carbocycles. The van der Waals surface area contributed by atoms with Gasteiger partial charge in [0.2, 0.25) is 0 Å². The van der Waals surface area contributed by atoms with E-state index in [2.05, 4.69) is 15.0 Å². The molecule has 0 aliphatic rings. The molecular formula is C14H12N4O4. The van der Waals surface area contributed by atoms with Gasteiger partial charge < -0.3 is 10.5 Å². The number of nitrogens with zero attached hydrogens (tertiary/aromatic N) is 3. The van der Waals surface area contributed by atoms with E-state index in [4.69, 9.17) is 5.73 Å². The summed E-state index contributed by atoms with van der Waals surface area (Å²) in [6.45, 7) is 0. The van der Waals surface area contributed by atoms with E-state index in [1.165, 1.54) is 12.1 Å². The molecular weight excluding hydrogens is 288 g/mol. The van der Waals surface area contributed by atoms with E-state index >= 15 is 0 Å². The molecule has 0 amide bonds. The van der Waals surface area contributed by atoms with Crippen LogP contribution in [-0.4, -0.2) is 18.0 Å². The number of carbonyl (C=O) groups is 1. The number of anilines is 1. The number of nitro benzene ring substituents is 1. The van der Waals surface area contributed by atoms with E-state index in [0.717, 1.165) is 7.11 Å². The number of hydrogen-bond acceptors (Lipinski definition) is 7. The SMILES string of the molecule is COC(=O)c1c(N=Nc2ccccc2)ccc([N+](=O)[O-])c1N. The number of nitrogen functional groups attached to an aromatic ring is 1. The number of rotatable bonds is 4. The van der Waals surface area contributed by atoms with Crippen LogP contribution >= 0.6 is 0 Å². The second-order valence-electron chi connectivity index (χ2n) is 4.18. The van der Waals surface area contributed by atoms with E-state index in [-0.39, 0.29) is 22.6 Å². The highest BCUT2D eigenvalue weighted by Crippen LogP contribution is 2.34. The standard InChI is InChI=1S/C14H12N4O4/c1-22-14(19)12-10(7-8-11(13(12)15)18(20)21)17-16-9-5-3-2-4-6-9/h2-8H,15H2,1H3.